The molecule has 3 nitrogen and oxygen atoms in total. The van der Waals surface area contributed by atoms with Crippen molar-refractivity contribution in [3.8, 4) is 5.75 Å². The van der Waals surface area contributed by atoms with Crippen LogP contribution in [0.3, 0.4) is 0 Å². The van der Waals surface area contributed by atoms with Crippen LogP contribution in [0.5, 0.6) is 5.75 Å². The summed E-state index contributed by atoms with van der Waals surface area (Å²) >= 11 is 3.51. The van der Waals surface area contributed by atoms with Crippen LogP contribution < -0.4 is 10.5 Å². The van der Waals surface area contributed by atoms with Crippen molar-refractivity contribution in [3.63, 3.8) is 0 Å². The molecule has 1 fully saturated rings. The summed E-state index contributed by atoms with van der Waals surface area (Å²) in [5, 5.41) is 0. The third kappa shape index (κ3) is 2.71. The number of rotatable bonds is 2. The summed E-state index contributed by atoms with van der Waals surface area (Å²) in [5.41, 5.74) is 7.33. The molecule has 3 rings (SSSR count). The van der Waals surface area contributed by atoms with Crippen LogP contribution in [0.2, 0.25) is 0 Å². The fourth-order valence-electron chi connectivity index (χ4n) is 2.94. The summed E-state index contributed by atoms with van der Waals surface area (Å²) in [4.78, 5) is 2.44. The molecule has 0 spiro atoms. The van der Waals surface area contributed by atoms with Crippen LogP contribution >= 0.6 is 15.9 Å². The zero-order chi connectivity index (χ0) is 12.5. The van der Waals surface area contributed by atoms with E-state index in [9.17, 15) is 0 Å². The van der Waals surface area contributed by atoms with Crippen molar-refractivity contribution in [1.29, 1.82) is 0 Å². The summed E-state index contributed by atoms with van der Waals surface area (Å²) in [6.45, 7) is 3.17. The van der Waals surface area contributed by atoms with Gasteiger partial charge in [-0.25, -0.2) is 0 Å². The summed E-state index contributed by atoms with van der Waals surface area (Å²) < 4.78 is 7.13. The molecule has 0 amide bonds. The van der Waals surface area contributed by atoms with Crippen LogP contribution in [0, 0.1) is 0 Å². The van der Waals surface area contributed by atoms with Gasteiger partial charge in [-0.1, -0.05) is 15.9 Å². The standard InChI is InChI=1S/C14H19BrN2O/c15-11-3-4-14-10(6-11)7-13(18-14)9-17-5-1-2-12(16)8-17/h3-4,6,12-13H,1-2,5,7-9,16H2. The van der Waals surface area contributed by atoms with E-state index in [1.165, 1.54) is 12.0 Å². The normalized spacial score (nSPS) is 27.9. The lowest BCUT2D eigenvalue weighted by molar-refractivity contribution is 0.127. The number of nitrogens with two attached hydrogens (primary N) is 1. The van der Waals surface area contributed by atoms with Crippen molar-refractivity contribution < 1.29 is 4.74 Å². The van der Waals surface area contributed by atoms with Gasteiger partial charge in [0.2, 0.25) is 0 Å². The molecule has 2 heterocycles. The lowest BCUT2D eigenvalue weighted by Crippen LogP contribution is -2.46. The highest BCUT2D eigenvalue weighted by molar-refractivity contribution is 9.10. The summed E-state index contributed by atoms with van der Waals surface area (Å²) in [6.07, 6.45) is 3.68. The highest BCUT2D eigenvalue weighted by Gasteiger charge is 2.26. The molecular weight excluding hydrogens is 292 g/mol. The van der Waals surface area contributed by atoms with E-state index in [-0.39, 0.29) is 0 Å². The van der Waals surface area contributed by atoms with Crippen molar-refractivity contribution in [2.75, 3.05) is 19.6 Å². The molecule has 4 heteroatoms. The van der Waals surface area contributed by atoms with E-state index in [1.54, 1.807) is 0 Å². The lowest BCUT2D eigenvalue weighted by atomic mass is 10.1. The Kier molecular flexibility index (Phi) is 3.59. The molecule has 2 unspecified atom stereocenters. The van der Waals surface area contributed by atoms with Crippen molar-refractivity contribution in [2.45, 2.75) is 31.4 Å². The maximum absolute atomic E-state index is 6.01. The highest BCUT2D eigenvalue weighted by atomic mass is 79.9. The van der Waals surface area contributed by atoms with Crippen LogP contribution in [0.1, 0.15) is 18.4 Å². The van der Waals surface area contributed by atoms with E-state index in [4.69, 9.17) is 10.5 Å². The molecule has 2 N–H and O–H groups in total. The fourth-order valence-corrected chi connectivity index (χ4v) is 3.34. The minimum Gasteiger partial charge on any atom is -0.488 e. The average Bonchev–Trinajstić information content (AvgIpc) is 2.70. The Labute approximate surface area is 116 Å². The molecular formula is C14H19BrN2O. The smallest absolute Gasteiger partial charge is 0.123 e. The molecule has 1 saturated heterocycles. The largest absolute Gasteiger partial charge is 0.488 e. The molecule has 2 atom stereocenters. The van der Waals surface area contributed by atoms with Crippen molar-refractivity contribution >= 4 is 15.9 Å². The number of ether oxygens (including phenoxy) is 1. The molecule has 18 heavy (non-hydrogen) atoms. The van der Waals surface area contributed by atoms with Gasteiger partial charge >= 0.3 is 0 Å². The lowest BCUT2D eigenvalue weighted by Gasteiger charge is -2.32. The van der Waals surface area contributed by atoms with E-state index < -0.39 is 0 Å². The summed E-state index contributed by atoms with van der Waals surface area (Å²) in [5.74, 6) is 1.05. The molecule has 98 valence electrons. The SMILES string of the molecule is NC1CCCN(CC2Cc3cc(Br)ccc3O2)C1. The zero-order valence-electron chi connectivity index (χ0n) is 10.4. The van der Waals surface area contributed by atoms with Gasteiger partial charge in [0, 0.05) is 30.0 Å². The van der Waals surface area contributed by atoms with Gasteiger partial charge < -0.3 is 10.5 Å². The van der Waals surface area contributed by atoms with E-state index in [0.717, 1.165) is 42.7 Å². The van der Waals surface area contributed by atoms with Gasteiger partial charge in [-0.3, -0.25) is 4.90 Å². The second-order valence-electron chi connectivity index (χ2n) is 5.36. The zero-order valence-corrected chi connectivity index (χ0v) is 12.0. The maximum atomic E-state index is 6.01. The predicted molar refractivity (Wildman–Crippen MR) is 75.9 cm³/mol. The topological polar surface area (TPSA) is 38.5 Å². The molecule has 2 aliphatic rings. The van der Waals surface area contributed by atoms with Gasteiger partial charge in [0.25, 0.3) is 0 Å². The Morgan fingerprint density at radius 1 is 1.44 bits per heavy atom. The molecule has 0 saturated carbocycles. The molecule has 0 radical (unpaired) electrons. The molecule has 1 aromatic rings. The average molecular weight is 311 g/mol. The van der Waals surface area contributed by atoms with E-state index in [0.29, 0.717) is 12.1 Å². The Morgan fingerprint density at radius 2 is 2.33 bits per heavy atom. The van der Waals surface area contributed by atoms with Crippen LogP contribution in [0.15, 0.2) is 22.7 Å². The number of likely N-dealkylation sites (tertiary alicyclic amines) is 1. The van der Waals surface area contributed by atoms with Crippen molar-refractivity contribution in [2.24, 2.45) is 5.73 Å². The van der Waals surface area contributed by atoms with Crippen LogP contribution in [0.25, 0.3) is 0 Å². The first-order valence-corrected chi connectivity index (χ1v) is 7.43. The van der Waals surface area contributed by atoms with E-state index in [1.807, 2.05) is 6.07 Å². The summed E-state index contributed by atoms with van der Waals surface area (Å²) in [6, 6.07) is 6.60. The number of hydrogen-bond acceptors (Lipinski definition) is 3. The van der Waals surface area contributed by atoms with Gasteiger partial charge in [-0.2, -0.15) is 0 Å². The van der Waals surface area contributed by atoms with Crippen LogP contribution in [0.4, 0.5) is 0 Å². The van der Waals surface area contributed by atoms with Gasteiger partial charge in [-0.15, -0.1) is 0 Å². The number of fused-ring (bicyclic) bond motifs is 1. The fraction of sp³-hybridized carbons (Fsp3) is 0.571. The first kappa shape index (κ1) is 12.5. The number of piperidine rings is 1. The Balaban J connectivity index is 1.60. The van der Waals surface area contributed by atoms with Gasteiger partial charge in [0.05, 0.1) is 0 Å². The third-order valence-electron chi connectivity index (χ3n) is 3.77. The van der Waals surface area contributed by atoms with Gasteiger partial charge in [0.15, 0.2) is 0 Å². The van der Waals surface area contributed by atoms with Crippen molar-refractivity contribution in [3.05, 3.63) is 28.2 Å². The number of benzene rings is 1. The quantitative estimate of drug-likeness (QED) is 0.910. The minimum atomic E-state index is 0.291. The molecule has 0 aliphatic carbocycles. The number of halogens is 1. The molecule has 0 bridgehead atoms. The van der Waals surface area contributed by atoms with Crippen LogP contribution in [-0.2, 0) is 6.42 Å². The monoisotopic (exact) mass is 310 g/mol. The van der Waals surface area contributed by atoms with E-state index >= 15 is 0 Å². The minimum absolute atomic E-state index is 0.291. The first-order valence-electron chi connectivity index (χ1n) is 6.64. The Morgan fingerprint density at radius 3 is 3.17 bits per heavy atom. The van der Waals surface area contributed by atoms with Gasteiger partial charge in [-0.05, 0) is 43.1 Å². The molecule has 0 aromatic heterocycles. The van der Waals surface area contributed by atoms with Crippen LogP contribution in [-0.4, -0.2) is 36.7 Å². The van der Waals surface area contributed by atoms with Gasteiger partial charge in [0.1, 0.15) is 11.9 Å². The first-order chi connectivity index (χ1) is 8.70. The Hall–Kier alpha value is -0.580. The highest BCUT2D eigenvalue weighted by Crippen LogP contribution is 2.31. The second kappa shape index (κ2) is 5.19. The second-order valence-corrected chi connectivity index (χ2v) is 6.27. The predicted octanol–water partition coefficient (Wildman–Crippen LogP) is 2.18. The maximum Gasteiger partial charge on any atom is 0.123 e. The number of nitrogens with zero attached hydrogens (tertiary/aromatic N) is 1. The summed E-state index contributed by atoms with van der Waals surface area (Å²) in [7, 11) is 0. The molecule has 2 aliphatic heterocycles. The van der Waals surface area contributed by atoms with Crippen molar-refractivity contribution in [1.82, 2.24) is 4.90 Å². The van der Waals surface area contributed by atoms with E-state index in [2.05, 4.69) is 33.0 Å². The molecule has 1 aromatic carbocycles. The number of hydrogen-bond donors (Lipinski definition) is 1. The Bertz CT molecular complexity index is 438. The third-order valence-corrected chi connectivity index (χ3v) is 4.26.